The van der Waals surface area contributed by atoms with Gasteiger partial charge in [0.1, 0.15) is 0 Å². The molecule has 0 amide bonds. The van der Waals surface area contributed by atoms with Crippen molar-refractivity contribution in [3.63, 3.8) is 0 Å². The SMILES string of the molecule is CCCc1ccc(C(=O)CC2CCc3n[nH]c(=O)cc3C2)cc1. The van der Waals surface area contributed by atoms with Gasteiger partial charge in [-0.1, -0.05) is 37.6 Å². The summed E-state index contributed by atoms with van der Waals surface area (Å²) < 4.78 is 0. The quantitative estimate of drug-likeness (QED) is 0.863. The lowest BCUT2D eigenvalue weighted by Gasteiger charge is -2.22. The fourth-order valence-electron chi connectivity index (χ4n) is 3.32. The third-order valence-corrected chi connectivity index (χ3v) is 4.56. The monoisotopic (exact) mass is 310 g/mol. The lowest BCUT2D eigenvalue weighted by atomic mass is 9.83. The second-order valence-corrected chi connectivity index (χ2v) is 6.39. The highest BCUT2D eigenvalue weighted by Crippen LogP contribution is 2.26. The molecule has 1 unspecified atom stereocenters. The number of rotatable bonds is 5. The Balaban J connectivity index is 1.65. The Bertz CT molecular complexity index is 747. The van der Waals surface area contributed by atoms with Crippen molar-refractivity contribution >= 4 is 5.78 Å². The molecule has 120 valence electrons. The van der Waals surface area contributed by atoms with Crippen molar-refractivity contribution in [1.29, 1.82) is 0 Å². The van der Waals surface area contributed by atoms with E-state index in [9.17, 15) is 9.59 Å². The van der Waals surface area contributed by atoms with Crippen LogP contribution in [0.15, 0.2) is 35.1 Å². The predicted molar refractivity (Wildman–Crippen MR) is 89.8 cm³/mol. The molecule has 0 aliphatic heterocycles. The number of carbonyl (C=O) groups is 1. The van der Waals surface area contributed by atoms with E-state index in [-0.39, 0.29) is 11.3 Å². The number of aromatic amines is 1. The van der Waals surface area contributed by atoms with E-state index in [1.54, 1.807) is 6.07 Å². The van der Waals surface area contributed by atoms with Crippen molar-refractivity contribution < 1.29 is 4.79 Å². The fraction of sp³-hybridized carbons (Fsp3) is 0.421. The Hall–Kier alpha value is -2.23. The van der Waals surface area contributed by atoms with Crippen LogP contribution in [0, 0.1) is 5.92 Å². The Morgan fingerprint density at radius 2 is 2.09 bits per heavy atom. The van der Waals surface area contributed by atoms with Gasteiger partial charge in [-0.3, -0.25) is 9.59 Å². The van der Waals surface area contributed by atoms with Gasteiger partial charge >= 0.3 is 0 Å². The number of aromatic nitrogens is 2. The molecule has 1 aromatic carbocycles. The first-order chi connectivity index (χ1) is 11.2. The number of carbonyl (C=O) groups excluding carboxylic acids is 1. The summed E-state index contributed by atoms with van der Waals surface area (Å²) in [6.45, 7) is 2.15. The summed E-state index contributed by atoms with van der Waals surface area (Å²) >= 11 is 0. The second kappa shape index (κ2) is 6.90. The summed E-state index contributed by atoms with van der Waals surface area (Å²) in [6, 6.07) is 9.61. The zero-order valence-electron chi connectivity index (χ0n) is 13.5. The molecule has 1 N–H and O–H groups in total. The average molecular weight is 310 g/mol. The van der Waals surface area contributed by atoms with Gasteiger partial charge in [0.25, 0.3) is 5.56 Å². The molecule has 4 nitrogen and oxygen atoms in total. The Morgan fingerprint density at radius 1 is 1.30 bits per heavy atom. The minimum Gasteiger partial charge on any atom is -0.294 e. The maximum Gasteiger partial charge on any atom is 0.264 e. The van der Waals surface area contributed by atoms with Crippen molar-refractivity contribution in [3.8, 4) is 0 Å². The van der Waals surface area contributed by atoms with Crippen LogP contribution in [0.25, 0.3) is 0 Å². The molecule has 3 rings (SSSR count). The molecule has 1 heterocycles. The van der Waals surface area contributed by atoms with Gasteiger partial charge in [-0.2, -0.15) is 5.10 Å². The van der Waals surface area contributed by atoms with Gasteiger partial charge < -0.3 is 0 Å². The van der Waals surface area contributed by atoms with E-state index in [2.05, 4.69) is 29.3 Å². The summed E-state index contributed by atoms with van der Waals surface area (Å²) in [5.74, 6) is 0.494. The third-order valence-electron chi connectivity index (χ3n) is 4.56. The van der Waals surface area contributed by atoms with E-state index in [0.29, 0.717) is 12.3 Å². The van der Waals surface area contributed by atoms with Crippen molar-refractivity contribution in [1.82, 2.24) is 10.2 Å². The Kier molecular flexibility index (Phi) is 4.70. The van der Waals surface area contributed by atoms with Crippen LogP contribution in [0.1, 0.15) is 53.4 Å². The molecule has 1 aliphatic rings. The minimum absolute atomic E-state index is 0.165. The smallest absolute Gasteiger partial charge is 0.264 e. The molecular formula is C19H22N2O2. The standard InChI is InChI=1S/C19H22N2O2/c1-2-3-13-4-7-15(8-5-13)18(22)11-14-6-9-17-16(10-14)12-19(23)21-20-17/h4-5,7-8,12,14H,2-3,6,9-11H2,1H3,(H,21,23). The van der Waals surface area contributed by atoms with Crippen molar-refractivity contribution in [2.75, 3.05) is 0 Å². The topological polar surface area (TPSA) is 62.8 Å². The summed E-state index contributed by atoms with van der Waals surface area (Å²) in [5.41, 5.74) is 3.87. The molecule has 0 bridgehead atoms. The number of hydrogen-bond donors (Lipinski definition) is 1. The van der Waals surface area contributed by atoms with Gasteiger partial charge in [0.05, 0.1) is 5.69 Å². The number of fused-ring (bicyclic) bond motifs is 1. The second-order valence-electron chi connectivity index (χ2n) is 6.39. The van der Waals surface area contributed by atoms with Crippen LogP contribution in [0.2, 0.25) is 0 Å². The summed E-state index contributed by atoms with van der Waals surface area (Å²) in [4.78, 5) is 23.9. The average Bonchev–Trinajstić information content (AvgIpc) is 2.55. The number of H-pyrrole nitrogens is 1. The van der Waals surface area contributed by atoms with Crippen LogP contribution in [-0.2, 0) is 19.3 Å². The van der Waals surface area contributed by atoms with Crippen LogP contribution in [0.5, 0.6) is 0 Å². The van der Waals surface area contributed by atoms with Gasteiger partial charge in [0.15, 0.2) is 5.78 Å². The Labute approximate surface area is 135 Å². The summed E-state index contributed by atoms with van der Waals surface area (Å²) in [7, 11) is 0. The summed E-state index contributed by atoms with van der Waals surface area (Å²) in [6.07, 6.45) is 5.26. The number of hydrogen-bond acceptors (Lipinski definition) is 3. The normalized spacial score (nSPS) is 16.8. The first-order valence-corrected chi connectivity index (χ1v) is 8.35. The van der Waals surface area contributed by atoms with Crippen LogP contribution >= 0.6 is 0 Å². The molecular weight excluding hydrogens is 288 g/mol. The zero-order valence-corrected chi connectivity index (χ0v) is 13.5. The molecule has 4 heteroatoms. The first kappa shape index (κ1) is 15.7. The summed E-state index contributed by atoms with van der Waals surface area (Å²) in [5, 5.41) is 6.58. The van der Waals surface area contributed by atoms with Gasteiger partial charge in [0, 0.05) is 18.1 Å². The fourth-order valence-corrected chi connectivity index (χ4v) is 3.32. The van der Waals surface area contributed by atoms with Gasteiger partial charge in [-0.25, -0.2) is 5.10 Å². The van der Waals surface area contributed by atoms with E-state index in [1.165, 1.54) is 5.56 Å². The van der Waals surface area contributed by atoms with Gasteiger partial charge in [0.2, 0.25) is 0 Å². The van der Waals surface area contributed by atoms with E-state index in [1.807, 2.05) is 12.1 Å². The van der Waals surface area contributed by atoms with E-state index < -0.39 is 0 Å². The van der Waals surface area contributed by atoms with Crippen molar-refractivity contribution in [3.05, 3.63) is 63.1 Å². The molecule has 0 spiro atoms. The molecule has 1 aromatic heterocycles. The first-order valence-electron chi connectivity index (χ1n) is 8.35. The highest BCUT2D eigenvalue weighted by atomic mass is 16.1. The molecule has 1 aliphatic carbocycles. The molecule has 0 fully saturated rings. The minimum atomic E-state index is -0.165. The van der Waals surface area contributed by atoms with Crippen LogP contribution in [0.3, 0.4) is 0 Å². The number of nitrogens with zero attached hydrogens (tertiary/aromatic N) is 1. The molecule has 1 atom stereocenters. The molecule has 0 saturated carbocycles. The predicted octanol–water partition coefficient (Wildman–Crippen LogP) is 3.10. The number of aryl methyl sites for hydroxylation is 2. The van der Waals surface area contributed by atoms with Crippen LogP contribution in [0.4, 0.5) is 0 Å². The molecule has 0 radical (unpaired) electrons. The molecule has 0 saturated heterocycles. The number of ketones is 1. The molecule has 23 heavy (non-hydrogen) atoms. The highest BCUT2D eigenvalue weighted by molar-refractivity contribution is 5.96. The lowest BCUT2D eigenvalue weighted by Crippen LogP contribution is -2.22. The highest BCUT2D eigenvalue weighted by Gasteiger charge is 2.22. The van der Waals surface area contributed by atoms with Gasteiger partial charge in [-0.05, 0) is 42.7 Å². The zero-order chi connectivity index (χ0) is 16.2. The largest absolute Gasteiger partial charge is 0.294 e. The number of Topliss-reactive ketones (excluding diaryl/α,β-unsaturated/α-hetero) is 1. The van der Waals surface area contributed by atoms with Crippen molar-refractivity contribution in [2.24, 2.45) is 5.92 Å². The van der Waals surface area contributed by atoms with Crippen molar-refractivity contribution in [2.45, 2.75) is 45.4 Å². The lowest BCUT2D eigenvalue weighted by molar-refractivity contribution is 0.0957. The van der Waals surface area contributed by atoms with Crippen LogP contribution < -0.4 is 5.56 Å². The number of benzene rings is 1. The third kappa shape index (κ3) is 3.76. The van der Waals surface area contributed by atoms with E-state index in [0.717, 1.165) is 48.9 Å². The van der Waals surface area contributed by atoms with E-state index >= 15 is 0 Å². The van der Waals surface area contributed by atoms with Gasteiger partial charge in [-0.15, -0.1) is 0 Å². The molecule has 2 aromatic rings. The Morgan fingerprint density at radius 3 is 2.83 bits per heavy atom. The maximum absolute atomic E-state index is 12.5. The maximum atomic E-state index is 12.5. The number of nitrogens with one attached hydrogen (secondary N) is 1. The van der Waals surface area contributed by atoms with E-state index in [4.69, 9.17) is 0 Å². The van der Waals surface area contributed by atoms with Crippen LogP contribution in [-0.4, -0.2) is 16.0 Å².